The number of halogens is 3. The monoisotopic (exact) mass is 509 g/mol. The summed E-state index contributed by atoms with van der Waals surface area (Å²) in [5.74, 6) is 0. The number of benzene rings is 2. The average Bonchev–Trinajstić information content (AvgIpc) is 2.84. The molecule has 0 spiro atoms. The lowest BCUT2D eigenvalue weighted by molar-refractivity contribution is -0.292. The largest absolute Gasteiger partial charge is 0.416 e. The van der Waals surface area contributed by atoms with Crippen molar-refractivity contribution in [2.24, 2.45) is 0 Å². The lowest BCUT2D eigenvalue weighted by Crippen LogP contribution is -2.60. The lowest BCUT2D eigenvalue weighted by atomic mass is 9.99. The van der Waals surface area contributed by atoms with Crippen molar-refractivity contribution in [1.82, 2.24) is 0 Å². The Morgan fingerprint density at radius 1 is 0.944 bits per heavy atom. The minimum absolute atomic E-state index is 0.388. The van der Waals surface area contributed by atoms with Crippen molar-refractivity contribution in [3.05, 3.63) is 65.2 Å². The third-order valence-electron chi connectivity index (χ3n) is 5.72. The number of carbonyl (C=O) groups is 1. The molecule has 10 heteroatoms. The van der Waals surface area contributed by atoms with Crippen LogP contribution in [-0.4, -0.2) is 57.6 Å². The van der Waals surface area contributed by atoms with Gasteiger partial charge in [0.1, 0.15) is 18.3 Å². The number of nitrogens with one attached hydrogen (secondary N) is 1. The first kappa shape index (κ1) is 27.7. The highest BCUT2D eigenvalue weighted by Gasteiger charge is 2.47. The number of hydrogen-bond acceptors (Lipinski definition) is 6. The van der Waals surface area contributed by atoms with Crippen LogP contribution in [0.5, 0.6) is 0 Å². The highest BCUT2D eigenvalue weighted by atomic mass is 19.4. The summed E-state index contributed by atoms with van der Waals surface area (Å²) < 4.78 is 66.1. The molecule has 1 N–H and O–H groups in total. The summed E-state index contributed by atoms with van der Waals surface area (Å²) in [6, 6.07) is 11.7. The molecule has 1 aliphatic heterocycles. The van der Waals surface area contributed by atoms with Crippen molar-refractivity contribution < 1.29 is 41.7 Å². The van der Waals surface area contributed by atoms with Crippen LogP contribution < -0.4 is 5.32 Å². The predicted octanol–water partition coefficient (Wildman–Crippen LogP) is 5.60. The molecule has 196 valence electrons. The number of rotatable bonds is 8. The van der Waals surface area contributed by atoms with Crippen molar-refractivity contribution in [3.63, 3.8) is 0 Å². The topological polar surface area (TPSA) is 75.2 Å². The van der Waals surface area contributed by atoms with E-state index in [2.05, 4.69) is 5.32 Å². The maximum Gasteiger partial charge on any atom is 0.416 e. The molecular weight excluding hydrogens is 479 g/mol. The fourth-order valence-electron chi connectivity index (χ4n) is 3.93. The van der Waals surface area contributed by atoms with Gasteiger partial charge >= 0.3 is 12.3 Å². The number of hydrogen-bond donors (Lipinski definition) is 1. The summed E-state index contributed by atoms with van der Waals surface area (Å²) in [5.41, 5.74) is 1.21. The van der Waals surface area contributed by atoms with Crippen LogP contribution in [0.2, 0.25) is 0 Å². The lowest BCUT2D eigenvalue weighted by Gasteiger charge is -2.43. The minimum Gasteiger partial charge on any atom is -0.416 e. The number of methoxy groups -OCH3 is 2. The van der Waals surface area contributed by atoms with Crippen molar-refractivity contribution in [3.8, 4) is 0 Å². The van der Waals surface area contributed by atoms with Crippen molar-refractivity contribution in [2.75, 3.05) is 26.1 Å². The molecule has 0 aliphatic carbocycles. The molecule has 1 aliphatic rings. The Bertz CT molecular complexity index is 1010. The van der Waals surface area contributed by atoms with Crippen LogP contribution in [0, 0.1) is 0 Å². The third-order valence-corrected chi connectivity index (χ3v) is 5.72. The summed E-state index contributed by atoms with van der Waals surface area (Å²) in [4.78, 5) is 12.5. The summed E-state index contributed by atoms with van der Waals surface area (Å²) in [6.45, 7) is 4.08. The summed E-state index contributed by atoms with van der Waals surface area (Å²) >= 11 is 0. The molecule has 0 saturated carbocycles. The number of alkyl halides is 3. The number of amides is 1. The minimum atomic E-state index is -4.37. The van der Waals surface area contributed by atoms with Crippen molar-refractivity contribution >= 4 is 23.9 Å². The van der Waals surface area contributed by atoms with Gasteiger partial charge in [0, 0.05) is 26.5 Å². The SMILES string of the molecule is CCO[C@@H]1[C@@H](OC)[C@H](C)O[C@@H](OC(=O)Nc2ccc(/C=C/c3ccc(C(F)(F)F)cc3)cc2)[C@@H]1OC. The van der Waals surface area contributed by atoms with E-state index in [1.54, 1.807) is 50.5 Å². The van der Waals surface area contributed by atoms with Gasteiger partial charge in [0.2, 0.25) is 6.29 Å². The molecule has 0 bridgehead atoms. The van der Waals surface area contributed by atoms with Crippen LogP contribution in [-0.2, 0) is 29.9 Å². The van der Waals surface area contributed by atoms with Crippen molar-refractivity contribution in [2.45, 2.75) is 50.7 Å². The first-order valence-electron chi connectivity index (χ1n) is 11.4. The molecule has 2 aromatic carbocycles. The normalized spacial score (nSPS) is 24.6. The van der Waals surface area contributed by atoms with Gasteiger partial charge in [-0.05, 0) is 49.2 Å². The van der Waals surface area contributed by atoms with Crippen molar-refractivity contribution in [1.29, 1.82) is 0 Å². The summed E-state index contributed by atoms with van der Waals surface area (Å²) in [6.07, 6.45) is -4.59. The zero-order chi connectivity index (χ0) is 26.3. The van der Waals surface area contributed by atoms with Crippen LogP contribution in [0.15, 0.2) is 48.5 Å². The molecule has 1 amide bonds. The van der Waals surface area contributed by atoms with E-state index in [-0.39, 0.29) is 6.10 Å². The van der Waals surface area contributed by atoms with Crippen LogP contribution in [0.3, 0.4) is 0 Å². The van der Waals surface area contributed by atoms with E-state index in [1.807, 2.05) is 6.92 Å². The number of ether oxygens (including phenoxy) is 5. The molecule has 0 unspecified atom stereocenters. The Kier molecular flexibility index (Phi) is 9.49. The number of carbonyl (C=O) groups excluding carboxylic acids is 1. The van der Waals surface area contributed by atoms with Gasteiger partial charge < -0.3 is 23.7 Å². The second-order valence-corrected chi connectivity index (χ2v) is 8.14. The highest BCUT2D eigenvalue weighted by molar-refractivity contribution is 5.85. The quantitative estimate of drug-likeness (QED) is 0.467. The molecule has 0 aromatic heterocycles. The maximum atomic E-state index is 12.7. The van der Waals surface area contributed by atoms with E-state index >= 15 is 0 Å². The summed E-state index contributed by atoms with van der Waals surface area (Å²) in [5, 5.41) is 2.64. The standard InChI is InChI=1S/C26H30F3NO6/c1-5-34-22-21(32-3)16(2)35-24(23(22)33-4)36-25(31)30-20-14-10-18(11-15-20)7-6-17-8-12-19(13-9-17)26(27,28)29/h6-16,21-24H,5H2,1-4H3,(H,30,31)/b7-6+/t16-,21-,22+,23+,24-/m0/s1. The van der Waals surface area contributed by atoms with Gasteiger partial charge in [0.05, 0.1) is 11.7 Å². The first-order chi connectivity index (χ1) is 17.2. The van der Waals surface area contributed by atoms with E-state index in [9.17, 15) is 18.0 Å². The summed E-state index contributed by atoms with van der Waals surface area (Å²) in [7, 11) is 3.04. The molecule has 1 saturated heterocycles. The number of anilines is 1. The fraction of sp³-hybridized carbons (Fsp3) is 0.423. The fourth-order valence-corrected chi connectivity index (χ4v) is 3.93. The first-order valence-corrected chi connectivity index (χ1v) is 11.4. The molecule has 5 atom stereocenters. The highest BCUT2D eigenvalue weighted by Crippen LogP contribution is 2.30. The van der Waals surface area contributed by atoms with Crippen LogP contribution in [0.4, 0.5) is 23.7 Å². The van der Waals surface area contributed by atoms with Gasteiger partial charge in [-0.15, -0.1) is 0 Å². The Morgan fingerprint density at radius 2 is 1.50 bits per heavy atom. The maximum absolute atomic E-state index is 12.7. The molecule has 1 heterocycles. The van der Waals surface area contributed by atoms with E-state index in [0.717, 1.165) is 17.7 Å². The molecule has 36 heavy (non-hydrogen) atoms. The van der Waals surface area contributed by atoms with Gasteiger partial charge in [-0.3, -0.25) is 5.32 Å². The van der Waals surface area contributed by atoms with E-state index in [1.165, 1.54) is 19.2 Å². The zero-order valence-electron chi connectivity index (χ0n) is 20.5. The van der Waals surface area contributed by atoms with E-state index in [4.69, 9.17) is 23.7 Å². The second kappa shape index (κ2) is 12.4. The molecule has 2 aromatic rings. The Morgan fingerprint density at radius 3 is 2.00 bits per heavy atom. The average molecular weight is 510 g/mol. The van der Waals surface area contributed by atoms with Gasteiger partial charge in [-0.2, -0.15) is 13.2 Å². The van der Waals surface area contributed by atoms with Gasteiger partial charge in [-0.25, -0.2) is 4.79 Å². The zero-order valence-corrected chi connectivity index (χ0v) is 20.5. The predicted molar refractivity (Wildman–Crippen MR) is 128 cm³/mol. The van der Waals surface area contributed by atoms with Crippen LogP contribution in [0.1, 0.15) is 30.5 Å². The Labute approximate surface area is 208 Å². The Hall–Kier alpha value is -2.92. The van der Waals surface area contributed by atoms with Crippen LogP contribution in [0.25, 0.3) is 12.2 Å². The second-order valence-electron chi connectivity index (χ2n) is 8.14. The molecular formula is C26H30F3NO6. The third kappa shape index (κ3) is 7.07. The van der Waals surface area contributed by atoms with Gasteiger partial charge in [0.15, 0.2) is 0 Å². The molecule has 7 nitrogen and oxygen atoms in total. The van der Waals surface area contributed by atoms with Crippen LogP contribution >= 0.6 is 0 Å². The van der Waals surface area contributed by atoms with Gasteiger partial charge in [-0.1, -0.05) is 36.4 Å². The van der Waals surface area contributed by atoms with Gasteiger partial charge in [0.25, 0.3) is 0 Å². The van der Waals surface area contributed by atoms with E-state index in [0.29, 0.717) is 17.9 Å². The Balaban J connectivity index is 1.59. The smallest absolute Gasteiger partial charge is 0.416 e. The molecule has 1 fully saturated rings. The molecule has 3 rings (SSSR count). The molecule has 0 radical (unpaired) electrons. The van der Waals surface area contributed by atoms with E-state index < -0.39 is 42.4 Å².